The molecule has 0 aromatic heterocycles. The van der Waals surface area contributed by atoms with E-state index in [2.05, 4.69) is 31.2 Å². The van der Waals surface area contributed by atoms with Gasteiger partial charge >= 0.3 is 5.97 Å². The molecule has 1 saturated heterocycles. The Morgan fingerprint density at radius 1 is 1.17 bits per heavy atom. The van der Waals surface area contributed by atoms with Crippen LogP contribution in [-0.2, 0) is 19.3 Å². The zero-order valence-electron chi connectivity index (χ0n) is 14.1. The summed E-state index contributed by atoms with van der Waals surface area (Å²) in [5.74, 6) is 1.74. The monoisotopic (exact) mass is 363 g/mol. The first-order valence-electron chi connectivity index (χ1n) is 9.05. The first-order valence-corrected chi connectivity index (χ1v) is 11.8. The quantitative estimate of drug-likeness (QED) is 0.589. The highest BCUT2D eigenvalue weighted by Crippen LogP contribution is 2.45. The van der Waals surface area contributed by atoms with Crippen molar-refractivity contribution < 1.29 is 9.53 Å². The molecule has 1 aliphatic carbocycles. The highest BCUT2D eigenvalue weighted by atomic mass is 33.1. The Morgan fingerprint density at radius 2 is 1.92 bits per heavy atom. The van der Waals surface area contributed by atoms with Crippen LogP contribution >= 0.6 is 10.8 Å². The van der Waals surface area contributed by atoms with E-state index >= 15 is 0 Å². The fraction of sp³-hybridized carbons (Fsp3) is 0.632. The molecule has 130 valence electrons. The molecule has 4 atom stereocenters. The largest absolute Gasteiger partial charge is 0.460 e. The molecule has 0 radical (unpaired) electrons. The van der Waals surface area contributed by atoms with Gasteiger partial charge in [0.05, 0.1) is 6.54 Å². The fourth-order valence-corrected chi connectivity index (χ4v) is 8.35. The van der Waals surface area contributed by atoms with Crippen LogP contribution in [0.1, 0.15) is 49.1 Å². The smallest absolute Gasteiger partial charge is 0.322 e. The van der Waals surface area contributed by atoms with Gasteiger partial charge in [0, 0.05) is 11.7 Å². The van der Waals surface area contributed by atoms with E-state index in [4.69, 9.17) is 9.10 Å². The number of rotatable bonds is 3. The van der Waals surface area contributed by atoms with Crippen molar-refractivity contribution in [3.8, 4) is 0 Å². The first kappa shape index (κ1) is 16.6. The molecule has 0 N–H and O–H groups in total. The number of hydrogen-bond donors (Lipinski definition) is 0. The summed E-state index contributed by atoms with van der Waals surface area (Å²) in [6.45, 7) is 2.99. The average Bonchev–Trinajstić information content (AvgIpc) is 3.24. The van der Waals surface area contributed by atoms with Crippen molar-refractivity contribution in [3.63, 3.8) is 0 Å². The minimum atomic E-state index is -0.227. The summed E-state index contributed by atoms with van der Waals surface area (Å²) in [6.07, 6.45) is 6.32. The van der Waals surface area contributed by atoms with Gasteiger partial charge in [-0.25, -0.2) is 0 Å². The topological polar surface area (TPSA) is 38.7 Å². The van der Waals surface area contributed by atoms with Gasteiger partial charge in [0.25, 0.3) is 0 Å². The number of esters is 1. The Labute approximate surface area is 150 Å². The Balaban J connectivity index is 1.70. The second-order valence-corrected chi connectivity index (χ2v) is 10.8. The number of ether oxygens (including phenoxy) is 1. The lowest BCUT2D eigenvalue weighted by Crippen LogP contribution is -2.31. The third-order valence-electron chi connectivity index (χ3n) is 5.47. The van der Waals surface area contributed by atoms with E-state index in [-0.39, 0.29) is 33.0 Å². The lowest BCUT2D eigenvalue weighted by Gasteiger charge is -2.31. The third-order valence-corrected chi connectivity index (χ3v) is 9.58. The van der Waals surface area contributed by atoms with Gasteiger partial charge in [0.15, 0.2) is 0 Å². The Bertz CT molecular complexity index is 637. The van der Waals surface area contributed by atoms with Crippen molar-refractivity contribution in [2.24, 2.45) is 10.3 Å². The molecule has 2 fully saturated rings. The van der Waals surface area contributed by atoms with Crippen molar-refractivity contribution in [1.29, 1.82) is 0 Å². The standard InChI is InChI=1S/C19H25NO2S2/c1-13-7-9-14(10-8-13)16-17(15-5-3-2-4-6-15)22-19(21)18(16)24-20-11-12-23-24/h7-10,15-18H,2-6,11-12H2,1H3/t16-,17?,18?,24?/m0/s1. The molecule has 2 heterocycles. The minimum absolute atomic E-state index is 0.00219. The van der Waals surface area contributed by atoms with Gasteiger partial charge in [0.2, 0.25) is 0 Å². The zero-order chi connectivity index (χ0) is 16.5. The second kappa shape index (κ2) is 7.20. The molecule has 1 aromatic rings. The van der Waals surface area contributed by atoms with Crippen LogP contribution in [0, 0.1) is 12.8 Å². The lowest BCUT2D eigenvalue weighted by molar-refractivity contribution is -0.143. The molecule has 5 heteroatoms. The van der Waals surface area contributed by atoms with Gasteiger partial charge in [-0.2, -0.15) is 0 Å². The number of benzene rings is 1. The maximum atomic E-state index is 12.8. The van der Waals surface area contributed by atoms with E-state index in [0.717, 1.165) is 12.3 Å². The summed E-state index contributed by atoms with van der Waals surface area (Å²) in [4.78, 5) is 12.8. The molecule has 2 aliphatic heterocycles. The van der Waals surface area contributed by atoms with Crippen LogP contribution in [0.15, 0.2) is 28.6 Å². The number of aryl methyl sites for hydroxylation is 1. The molecule has 3 nitrogen and oxygen atoms in total. The average molecular weight is 364 g/mol. The van der Waals surface area contributed by atoms with Crippen molar-refractivity contribution in [3.05, 3.63) is 35.4 Å². The summed E-state index contributed by atoms with van der Waals surface area (Å²) in [5.41, 5.74) is 2.53. The van der Waals surface area contributed by atoms with Gasteiger partial charge in [-0.1, -0.05) is 59.9 Å². The number of carbonyl (C=O) groups is 1. The van der Waals surface area contributed by atoms with E-state index in [1.54, 1.807) is 0 Å². The van der Waals surface area contributed by atoms with Crippen molar-refractivity contribution in [2.45, 2.75) is 56.3 Å². The van der Waals surface area contributed by atoms with Gasteiger partial charge in [0.1, 0.15) is 11.4 Å². The molecule has 4 rings (SSSR count). The maximum Gasteiger partial charge on any atom is 0.322 e. The fourth-order valence-electron chi connectivity index (χ4n) is 4.25. The second-order valence-electron chi connectivity index (χ2n) is 7.11. The normalized spacial score (nSPS) is 34.1. The van der Waals surface area contributed by atoms with Gasteiger partial charge in [-0.3, -0.25) is 9.16 Å². The number of hydrogen-bond acceptors (Lipinski definition) is 4. The maximum absolute atomic E-state index is 12.8. The van der Waals surface area contributed by atoms with Crippen LogP contribution in [0.2, 0.25) is 0 Å². The van der Waals surface area contributed by atoms with Crippen LogP contribution in [-0.4, -0.2) is 29.6 Å². The molecule has 1 aromatic carbocycles. The van der Waals surface area contributed by atoms with E-state index < -0.39 is 0 Å². The molecule has 0 amide bonds. The zero-order valence-corrected chi connectivity index (χ0v) is 15.8. The summed E-state index contributed by atoms with van der Waals surface area (Å²) < 4.78 is 10.7. The molecule has 0 bridgehead atoms. The Morgan fingerprint density at radius 3 is 2.58 bits per heavy atom. The minimum Gasteiger partial charge on any atom is -0.460 e. The summed E-state index contributed by atoms with van der Waals surface area (Å²) in [7, 11) is 1.63. The summed E-state index contributed by atoms with van der Waals surface area (Å²) >= 11 is 0. The molecule has 3 aliphatic rings. The first-order chi connectivity index (χ1) is 11.7. The van der Waals surface area contributed by atoms with E-state index in [9.17, 15) is 4.79 Å². The van der Waals surface area contributed by atoms with Gasteiger partial charge in [-0.15, -0.1) is 0 Å². The molecular formula is C19H25NO2S2. The highest BCUT2D eigenvalue weighted by molar-refractivity contribution is 8.70. The molecule has 24 heavy (non-hydrogen) atoms. The molecule has 0 spiro atoms. The predicted octanol–water partition coefficient (Wildman–Crippen LogP) is 4.42. The molecular weight excluding hydrogens is 338 g/mol. The molecule has 1 saturated carbocycles. The van der Waals surface area contributed by atoms with E-state index in [1.807, 2.05) is 10.8 Å². The van der Waals surface area contributed by atoms with Crippen molar-refractivity contribution in [2.75, 3.05) is 12.3 Å². The van der Waals surface area contributed by atoms with E-state index in [1.165, 1.54) is 43.2 Å². The van der Waals surface area contributed by atoms with Crippen molar-refractivity contribution >= 4 is 26.5 Å². The molecule has 3 unspecified atom stereocenters. The third kappa shape index (κ3) is 3.17. The lowest BCUT2D eigenvalue weighted by atomic mass is 9.78. The van der Waals surface area contributed by atoms with Gasteiger partial charge in [-0.05, 0) is 41.0 Å². The van der Waals surface area contributed by atoms with Crippen LogP contribution in [0.5, 0.6) is 0 Å². The Hall–Kier alpha value is -0.810. The Kier molecular flexibility index (Phi) is 5.00. The van der Waals surface area contributed by atoms with Crippen LogP contribution in [0.4, 0.5) is 0 Å². The van der Waals surface area contributed by atoms with Crippen LogP contribution < -0.4 is 0 Å². The number of cyclic esters (lactones) is 1. The number of carbonyl (C=O) groups excluding carboxylic acids is 1. The highest BCUT2D eigenvalue weighted by Gasteiger charge is 2.51. The van der Waals surface area contributed by atoms with Crippen molar-refractivity contribution in [1.82, 2.24) is 0 Å². The SMILES string of the molecule is Cc1ccc([C@H]2C(C3CCCCC3)OC(=O)C2S2=NCCS2)cc1. The number of nitrogens with zero attached hydrogens (tertiary/aromatic N) is 1. The summed E-state index contributed by atoms with van der Waals surface area (Å²) in [5, 5.41) is -0.0767. The van der Waals surface area contributed by atoms with E-state index in [0.29, 0.717) is 5.92 Å². The predicted molar refractivity (Wildman–Crippen MR) is 101 cm³/mol. The van der Waals surface area contributed by atoms with Crippen LogP contribution in [0.25, 0.3) is 0 Å². The summed E-state index contributed by atoms with van der Waals surface area (Å²) in [6, 6.07) is 8.73. The van der Waals surface area contributed by atoms with Gasteiger partial charge < -0.3 is 4.74 Å². The van der Waals surface area contributed by atoms with Crippen LogP contribution in [0.3, 0.4) is 0 Å².